The van der Waals surface area contributed by atoms with Crippen molar-refractivity contribution in [3.63, 3.8) is 0 Å². The Labute approximate surface area is 138 Å². The molecular weight excluding hydrogens is 284 g/mol. The van der Waals surface area contributed by atoms with E-state index in [9.17, 15) is 0 Å². The van der Waals surface area contributed by atoms with Gasteiger partial charge in [0, 0.05) is 29.5 Å². The molecule has 0 aliphatic heterocycles. The predicted octanol–water partition coefficient (Wildman–Crippen LogP) is 4.71. The third kappa shape index (κ3) is 4.21. The molecule has 0 saturated heterocycles. The van der Waals surface area contributed by atoms with Gasteiger partial charge in [0.1, 0.15) is 5.82 Å². The second-order valence-electron chi connectivity index (χ2n) is 7.33. The highest BCUT2D eigenvalue weighted by molar-refractivity contribution is 5.71. The molecule has 2 N–H and O–H groups in total. The van der Waals surface area contributed by atoms with Crippen LogP contribution in [-0.4, -0.2) is 21.5 Å². The van der Waals surface area contributed by atoms with Crippen LogP contribution < -0.4 is 10.6 Å². The molecule has 0 spiro atoms. The number of aromatic nitrogens is 2. The van der Waals surface area contributed by atoms with E-state index >= 15 is 0 Å². The summed E-state index contributed by atoms with van der Waals surface area (Å²) in [5.74, 6) is 0.959. The molecule has 0 bridgehead atoms. The number of rotatable bonds is 4. The van der Waals surface area contributed by atoms with Gasteiger partial charge in [-0.25, -0.2) is 4.98 Å². The van der Waals surface area contributed by atoms with Crippen molar-refractivity contribution >= 4 is 11.5 Å². The quantitative estimate of drug-likeness (QED) is 0.858. The van der Waals surface area contributed by atoms with Crippen molar-refractivity contribution in [3.8, 4) is 11.3 Å². The van der Waals surface area contributed by atoms with Gasteiger partial charge in [-0.1, -0.05) is 12.8 Å². The summed E-state index contributed by atoms with van der Waals surface area (Å²) in [6.07, 6.45) is 8.70. The Morgan fingerprint density at radius 1 is 1.00 bits per heavy atom. The first-order valence-corrected chi connectivity index (χ1v) is 8.47. The Morgan fingerprint density at radius 2 is 1.70 bits per heavy atom. The van der Waals surface area contributed by atoms with Crippen LogP contribution >= 0.6 is 0 Å². The van der Waals surface area contributed by atoms with Gasteiger partial charge in [-0.15, -0.1) is 0 Å². The van der Waals surface area contributed by atoms with E-state index in [1.165, 1.54) is 25.7 Å². The van der Waals surface area contributed by atoms with Gasteiger partial charge in [-0.05, 0) is 57.9 Å². The first-order chi connectivity index (χ1) is 11.0. The van der Waals surface area contributed by atoms with E-state index in [-0.39, 0.29) is 5.54 Å². The fraction of sp³-hybridized carbons (Fsp3) is 0.474. The summed E-state index contributed by atoms with van der Waals surface area (Å²) in [6, 6.07) is 8.74. The molecule has 0 radical (unpaired) electrons. The molecule has 3 rings (SSSR count). The zero-order chi connectivity index (χ0) is 16.3. The van der Waals surface area contributed by atoms with Gasteiger partial charge in [-0.2, -0.15) is 0 Å². The maximum atomic E-state index is 4.89. The second-order valence-corrected chi connectivity index (χ2v) is 7.33. The van der Waals surface area contributed by atoms with E-state index in [4.69, 9.17) is 4.98 Å². The molecule has 1 saturated carbocycles. The van der Waals surface area contributed by atoms with Crippen LogP contribution in [0.1, 0.15) is 46.5 Å². The lowest BCUT2D eigenvalue weighted by Crippen LogP contribution is -2.27. The topological polar surface area (TPSA) is 49.8 Å². The third-order valence-electron chi connectivity index (χ3n) is 4.08. The van der Waals surface area contributed by atoms with Crippen molar-refractivity contribution < 1.29 is 0 Å². The van der Waals surface area contributed by atoms with Crippen LogP contribution in [0.3, 0.4) is 0 Å². The fourth-order valence-electron chi connectivity index (χ4n) is 3.02. The fourth-order valence-corrected chi connectivity index (χ4v) is 3.02. The van der Waals surface area contributed by atoms with Crippen LogP contribution in [-0.2, 0) is 0 Å². The summed E-state index contributed by atoms with van der Waals surface area (Å²) in [6.45, 7) is 6.51. The Hall–Kier alpha value is -2.10. The molecule has 1 aliphatic rings. The summed E-state index contributed by atoms with van der Waals surface area (Å²) < 4.78 is 0. The van der Waals surface area contributed by atoms with Gasteiger partial charge in [0.2, 0.25) is 0 Å². The molecule has 23 heavy (non-hydrogen) atoms. The van der Waals surface area contributed by atoms with E-state index in [2.05, 4.69) is 48.5 Å². The van der Waals surface area contributed by atoms with E-state index in [1.54, 1.807) is 0 Å². The standard InChI is InChI=1S/C19H26N4/c1-19(2,3)23-17-9-8-16(14-10-12-20-13-11-14)22-18(17)21-15-6-4-5-7-15/h8-13,15,23H,4-7H2,1-3H3,(H,21,22). The molecule has 0 amide bonds. The summed E-state index contributed by atoms with van der Waals surface area (Å²) >= 11 is 0. The average Bonchev–Trinajstić information content (AvgIpc) is 3.01. The minimum Gasteiger partial charge on any atom is -0.377 e. The highest BCUT2D eigenvalue weighted by Gasteiger charge is 2.19. The molecule has 122 valence electrons. The molecule has 1 aliphatic carbocycles. The lowest BCUT2D eigenvalue weighted by molar-refractivity contribution is 0.633. The number of nitrogens with zero attached hydrogens (tertiary/aromatic N) is 2. The van der Waals surface area contributed by atoms with Crippen LogP contribution in [0.25, 0.3) is 11.3 Å². The van der Waals surface area contributed by atoms with Gasteiger partial charge in [-0.3, -0.25) is 4.98 Å². The molecule has 0 atom stereocenters. The Bertz CT molecular complexity index is 640. The van der Waals surface area contributed by atoms with Crippen LogP contribution in [0.15, 0.2) is 36.7 Å². The number of anilines is 2. The highest BCUT2D eigenvalue weighted by Crippen LogP contribution is 2.30. The molecule has 2 heterocycles. The summed E-state index contributed by atoms with van der Waals surface area (Å²) in [5.41, 5.74) is 3.15. The molecule has 0 aromatic carbocycles. The van der Waals surface area contributed by atoms with Crippen LogP contribution in [0, 0.1) is 0 Å². The Morgan fingerprint density at radius 3 is 2.35 bits per heavy atom. The van der Waals surface area contributed by atoms with E-state index in [1.807, 2.05) is 24.5 Å². The van der Waals surface area contributed by atoms with Gasteiger partial charge < -0.3 is 10.6 Å². The zero-order valence-electron chi connectivity index (χ0n) is 14.3. The van der Waals surface area contributed by atoms with Crippen molar-refractivity contribution in [2.45, 2.75) is 58.0 Å². The van der Waals surface area contributed by atoms with Gasteiger partial charge >= 0.3 is 0 Å². The minimum atomic E-state index is 0.00592. The maximum Gasteiger partial charge on any atom is 0.150 e. The van der Waals surface area contributed by atoms with Gasteiger partial charge in [0.15, 0.2) is 0 Å². The van der Waals surface area contributed by atoms with Crippen LogP contribution in [0.4, 0.5) is 11.5 Å². The predicted molar refractivity (Wildman–Crippen MR) is 96.7 cm³/mol. The largest absolute Gasteiger partial charge is 0.377 e. The monoisotopic (exact) mass is 310 g/mol. The maximum absolute atomic E-state index is 4.89. The normalized spacial score (nSPS) is 15.6. The van der Waals surface area contributed by atoms with Crippen molar-refractivity contribution in [2.75, 3.05) is 10.6 Å². The molecule has 2 aromatic heterocycles. The van der Waals surface area contributed by atoms with Crippen molar-refractivity contribution in [3.05, 3.63) is 36.7 Å². The summed E-state index contributed by atoms with van der Waals surface area (Å²) in [7, 11) is 0. The molecule has 4 heteroatoms. The van der Waals surface area contributed by atoms with Crippen molar-refractivity contribution in [1.82, 2.24) is 9.97 Å². The van der Waals surface area contributed by atoms with E-state index in [0.717, 1.165) is 22.8 Å². The van der Waals surface area contributed by atoms with Gasteiger partial charge in [0.05, 0.1) is 11.4 Å². The first kappa shape index (κ1) is 15.8. The Kier molecular flexibility index (Phi) is 4.51. The van der Waals surface area contributed by atoms with Crippen LogP contribution in [0.2, 0.25) is 0 Å². The highest BCUT2D eigenvalue weighted by atomic mass is 15.1. The number of hydrogen-bond donors (Lipinski definition) is 2. The number of nitrogens with one attached hydrogen (secondary N) is 2. The number of hydrogen-bond acceptors (Lipinski definition) is 4. The van der Waals surface area contributed by atoms with Crippen molar-refractivity contribution in [2.24, 2.45) is 0 Å². The smallest absolute Gasteiger partial charge is 0.150 e. The lowest BCUT2D eigenvalue weighted by Gasteiger charge is -2.25. The van der Waals surface area contributed by atoms with Gasteiger partial charge in [0.25, 0.3) is 0 Å². The van der Waals surface area contributed by atoms with Crippen LogP contribution in [0.5, 0.6) is 0 Å². The van der Waals surface area contributed by atoms with Crippen molar-refractivity contribution in [1.29, 1.82) is 0 Å². The third-order valence-corrected chi connectivity index (χ3v) is 4.08. The molecule has 2 aromatic rings. The molecule has 4 nitrogen and oxygen atoms in total. The molecule has 0 unspecified atom stereocenters. The number of pyridine rings is 2. The van der Waals surface area contributed by atoms with E-state index < -0.39 is 0 Å². The summed E-state index contributed by atoms with van der Waals surface area (Å²) in [5, 5.41) is 7.22. The lowest BCUT2D eigenvalue weighted by atomic mass is 10.1. The average molecular weight is 310 g/mol. The second kappa shape index (κ2) is 6.57. The minimum absolute atomic E-state index is 0.00592. The summed E-state index contributed by atoms with van der Waals surface area (Å²) in [4.78, 5) is 8.98. The molecular formula is C19H26N4. The first-order valence-electron chi connectivity index (χ1n) is 8.47. The zero-order valence-corrected chi connectivity index (χ0v) is 14.3. The Balaban J connectivity index is 1.92. The van der Waals surface area contributed by atoms with E-state index in [0.29, 0.717) is 6.04 Å². The SMILES string of the molecule is CC(C)(C)Nc1ccc(-c2ccncc2)nc1NC1CCCC1. The molecule has 1 fully saturated rings.